The SMILES string of the molecule is c1ccc(-c2ccc(-n3c4ccccc4c4c5c6ccccc6n(-c6nc(-c7ccccc7)nc(-c7ccc8c9ccccc9n(-c9ccccc9)c8c7)n6)c5ccc43)cc2)cc1.c1ccc(-c2ccc(-n3c4ccccc4c4ccc(-c5nc(-c6ccccc6)nc(-n6c7ccccc7c7c8c9ccccc9n(-c9ccccc9)c8ccc76)n5)cc43)cc2)cc1. The molecule has 0 unspecified atom stereocenters. The van der Waals surface area contributed by atoms with Gasteiger partial charge < -0.3 is 18.3 Å². The van der Waals surface area contributed by atoms with Gasteiger partial charge in [0.25, 0.3) is 0 Å². The van der Waals surface area contributed by atoms with Crippen LogP contribution in [-0.4, -0.2) is 57.3 Å². The zero-order chi connectivity index (χ0) is 82.9. The summed E-state index contributed by atoms with van der Waals surface area (Å²) in [6, 6.07) is 155. The molecule has 0 spiro atoms. The van der Waals surface area contributed by atoms with Gasteiger partial charge in [-0.25, -0.2) is 9.97 Å². The number of rotatable bonds is 12. The molecule has 0 aliphatic rings. The van der Waals surface area contributed by atoms with Crippen LogP contribution in [0.5, 0.6) is 0 Å². The molecule has 18 aromatic carbocycles. The highest BCUT2D eigenvalue weighted by Crippen LogP contribution is 2.47. The van der Waals surface area contributed by atoms with Gasteiger partial charge >= 0.3 is 0 Å². The molecule has 8 aromatic heterocycles. The van der Waals surface area contributed by atoms with Gasteiger partial charge in [0.2, 0.25) is 11.9 Å². The third kappa shape index (κ3) is 11.6. The highest BCUT2D eigenvalue weighted by atomic mass is 15.2. The maximum absolute atomic E-state index is 5.40. The maximum atomic E-state index is 5.40. The number of benzene rings is 18. The van der Waals surface area contributed by atoms with Crippen LogP contribution in [0.15, 0.2) is 437 Å². The normalized spacial score (nSPS) is 11.8. The molecule has 588 valence electrons. The van der Waals surface area contributed by atoms with Crippen molar-refractivity contribution in [3.8, 4) is 102 Å². The first-order chi connectivity index (χ1) is 62.5. The average Bonchev–Trinajstić information content (AvgIpc) is 1.56. The van der Waals surface area contributed by atoms with Crippen LogP contribution in [0.1, 0.15) is 0 Å². The summed E-state index contributed by atoms with van der Waals surface area (Å²) < 4.78 is 13.9. The Bertz CT molecular complexity index is 8790. The second-order valence-electron chi connectivity index (χ2n) is 32.1. The van der Waals surface area contributed by atoms with Crippen LogP contribution in [0.25, 0.3) is 233 Å². The van der Waals surface area contributed by atoms with E-state index in [1.165, 1.54) is 70.7 Å². The summed E-state index contributed by atoms with van der Waals surface area (Å²) >= 11 is 0. The van der Waals surface area contributed by atoms with Crippen LogP contribution in [0.4, 0.5) is 0 Å². The van der Waals surface area contributed by atoms with Gasteiger partial charge in [0.05, 0.1) is 66.2 Å². The predicted octanol–water partition coefficient (Wildman–Crippen LogP) is 28.3. The van der Waals surface area contributed by atoms with E-state index < -0.39 is 0 Å². The molecule has 26 rings (SSSR count). The lowest BCUT2D eigenvalue weighted by Crippen LogP contribution is -2.06. The Hall–Kier alpha value is -17.2. The van der Waals surface area contributed by atoms with Gasteiger partial charge in [-0.05, 0) is 144 Å². The number of nitrogens with zero attached hydrogens (tertiary/aromatic N) is 12. The molecule has 0 atom stereocenters. The van der Waals surface area contributed by atoms with Crippen molar-refractivity contribution in [2.45, 2.75) is 0 Å². The summed E-state index contributed by atoms with van der Waals surface area (Å²) in [6.45, 7) is 0. The zero-order valence-corrected chi connectivity index (χ0v) is 67.9. The summed E-state index contributed by atoms with van der Waals surface area (Å²) in [5.41, 5.74) is 26.1. The first-order valence-electron chi connectivity index (χ1n) is 42.6. The fraction of sp³-hybridized carbons (Fsp3) is 0. The van der Waals surface area contributed by atoms with Gasteiger partial charge in [-0.2, -0.15) is 19.9 Å². The lowest BCUT2D eigenvalue weighted by Gasteiger charge is -2.12. The second-order valence-corrected chi connectivity index (χ2v) is 32.1. The highest BCUT2D eigenvalue weighted by molar-refractivity contribution is 6.30. The number of aromatic nitrogens is 12. The van der Waals surface area contributed by atoms with E-state index in [2.05, 4.69) is 428 Å². The minimum Gasteiger partial charge on any atom is -0.309 e. The van der Waals surface area contributed by atoms with Crippen LogP contribution in [0.3, 0.4) is 0 Å². The molecule has 8 heterocycles. The second kappa shape index (κ2) is 29.3. The van der Waals surface area contributed by atoms with Crippen molar-refractivity contribution < 1.29 is 0 Å². The first kappa shape index (κ1) is 71.7. The van der Waals surface area contributed by atoms with Crippen molar-refractivity contribution in [2.24, 2.45) is 0 Å². The van der Waals surface area contributed by atoms with Gasteiger partial charge in [-0.3, -0.25) is 9.13 Å². The van der Waals surface area contributed by atoms with E-state index >= 15 is 0 Å². The van der Waals surface area contributed by atoms with Crippen molar-refractivity contribution >= 4 is 131 Å². The van der Waals surface area contributed by atoms with Crippen LogP contribution in [0.2, 0.25) is 0 Å². The minimum absolute atomic E-state index is 0.563. The van der Waals surface area contributed by atoms with Crippen LogP contribution in [-0.2, 0) is 0 Å². The summed E-state index contributed by atoms with van der Waals surface area (Å²) in [5, 5.41) is 14.1. The quantitative estimate of drug-likeness (QED) is 0.121. The summed E-state index contributed by atoms with van der Waals surface area (Å²) in [6.07, 6.45) is 0. The molecular formula is C114H72N12. The first-order valence-corrected chi connectivity index (χ1v) is 42.6. The summed E-state index contributed by atoms with van der Waals surface area (Å²) in [4.78, 5) is 31.8. The monoisotopic (exact) mass is 1610 g/mol. The van der Waals surface area contributed by atoms with Crippen molar-refractivity contribution in [1.82, 2.24) is 57.3 Å². The number of fused-ring (bicyclic) bond motifs is 20. The van der Waals surface area contributed by atoms with E-state index in [1.807, 2.05) is 36.4 Å². The average molecular weight is 1610 g/mol. The van der Waals surface area contributed by atoms with Gasteiger partial charge in [0, 0.05) is 110 Å². The molecule has 0 fully saturated rings. The summed E-state index contributed by atoms with van der Waals surface area (Å²) in [7, 11) is 0. The van der Waals surface area contributed by atoms with Crippen molar-refractivity contribution in [2.75, 3.05) is 0 Å². The van der Waals surface area contributed by atoms with Crippen LogP contribution < -0.4 is 0 Å². The molecule has 126 heavy (non-hydrogen) atoms. The smallest absolute Gasteiger partial charge is 0.238 e. The molecule has 26 aromatic rings. The molecule has 0 aliphatic heterocycles. The Morgan fingerprint density at radius 3 is 0.667 bits per heavy atom. The van der Waals surface area contributed by atoms with Gasteiger partial charge in [-0.1, -0.05) is 315 Å². The molecule has 0 bridgehead atoms. The van der Waals surface area contributed by atoms with E-state index in [0.29, 0.717) is 35.2 Å². The molecule has 0 aliphatic carbocycles. The Balaban J connectivity index is 0.000000137. The minimum atomic E-state index is 0.563. The van der Waals surface area contributed by atoms with Crippen molar-refractivity contribution in [3.05, 3.63) is 437 Å². The van der Waals surface area contributed by atoms with Crippen molar-refractivity contribution in [3.63, 3.8) is 0 Å². The summed E-state index contributed by atoms with van der Waals surface area (Å²) in [5.74, 6) is 3.56. The maximum Gasteiger partial charge on any atom is 0.238 e. The molecule has 0 radical (unpaired) electrons. The van der Waals surface area contributed by atoms with Crippen molar-refractivity contribution in [1.29, 1.82) is 0 Å². The Morgan fingerprint density at radius 1 is 0.127 bits per heavy atom. The van der Waals surface area contributed by atoms with Gasteiger partial charge in [0.1, 0.15) is 0 Å². The van der Waals surface area contributed by atoms with Crippen LogP contribution >= 0.6 is 0 Å². The lowest BCUT2D eigenvalue weighted by molar-refractivity contribution is 0.953. The largest absolute Gasteiger partial charge is 0.309 e. The van der Waals surface area contributed by atoms with E-state index in [4.69, 9.17) is 29.9 Å². The molecule has 12 nitrogen and oxygen atoms in total. The van der Waals surface area contributed by atoms with Crippen LogP contribution in [0, 0.1) is 0 Å². The van der Waals surface area contributed by atoms with E-state index in [-0.39, 0.29) is 0 Å². The standard InChI is InChI=1S/2C57H36N6/c1-4-16-37(17-5-1)38-28-31-42(32-29-38)61-48-26-14-11-23-45(48)53-50(61)34-35-51-54(53)46-24-12-15-27-49(46)63(51)57-59-55(39-18-6-2-7-19-39)58-56(60-57)40-30-33-44-43-22-10-13-25-47(43)62(52(44)36-40)41-20-8-3-9-21-41;1-4-16-37(17-5-1)38-28-31-42(32-29-38)62-47-25-13-10-22-43(47)44-33-30-40(36-52(44)62)56-58-55(39-18-6-2-7-19-39)59-57(60-56)63-49-27-15-12-24-46(49)54-51(63)35-34-50-53(54)45-23-11-14-26-48(45)61(50)41-20-8-3-9-21-41/h2*1-36H. The predicted molar refractivity (Wildman–Crippen MR) is 518 cm³/mol. The Morgan fingerprint density at radius 2 is 0.341 bits per heavy atom. The topological polar surface area (TPSA) is 107 Å². The fourth-order valence-electron chi connectivity index (χ4n) is 19.4. The van der Waals surface area contributed by atoms with Gasteiger partial charge in [0.15, 0.2) is 23.3 Å². The number of hydrogen-bond acceptors (Lipinski definition) is 6. The van der Waals surface area contributed by atoms with E-state index in [0.717, 1.165) is 127 Å². The molecule has 0 amide bonds. The fourth-order valence-corrected chi connectivity index (χ4v) is 19.4. The Labute approximate surface area is 722 Å². The molecule has 0 N–H and O–H groups in total. The third-order valence-corrected chi connectivity index (χ3v) is 25.0. The molecule has 0 saturated heterocycles. The number of hydrogen-bond donors (Lipinski definition) is 0. The molecular weight excluding hydrogens is 1540 g/mol. The molecule has 12 heteroatoms. The highest BCUT2D eigenvalue weighted by Gasteiger charge is 2.27. The zero-order valence-electron chi connectivity index (χ0n) is 67.9. The number of para-hydroxylation sites is 8. The van der Waals surface area contributed by atoms with E-state index in [1.54, 1.807) is 0 Å². The van der Waals surface area contributed by atoms with Gasteiger partial charge in [-0.15, -0.1) is 0 Å². The van der Waals surface area contributed by atoms with E-state index in [9.17, 15) is 0 Å². The molecule has 0 saturated carbocycles. The lowest BCUT2D eigenvalue weighted by atomic mass is 10.1. The third-order valence-electron chi connectivity index (χ3n) is 25.0. The Kier molecular flexibility index (Phi) is 16.7.